The van der Waals surface area contributed by atoms with Crippen molar-refractivity contribution in [2.75, 3.05) is 0 Å². The molecule has 0 spiro atoms. The molecule has 0 aromatic carbocycles. The van der Waals surface area contributed by atoms with Gasteiger partial charge in [0, 0.05) is 12.3 Å². The van der Waals surface area contributed by atoms with Gasteiger partial charge in [0.05, 0.1) is 9.21 Å². The fourth-order valence-electron chi connectivity index (χ4n) is 1.18. The van der Waals surface area contributed by atoms with Gasteiger partial charge in [-0.2, -0.15) is 5.10 Å². The molecule has 16 heavy (non-hydrogen) atoms. The number of carbonyl (C=O) groups excluding carboxylic acids is 1. The molecule has 0 amide bonds. The van der Waals surface area contributed by atoms with Crippen LogP contribution in [0.1, 0.15) is 9.67 Å². The van der Waals surface area contributed by atoms with Gasteiger partial charge in [-0.25, -0.2) is 4.68 Å². The lowest BCUT2D eigenvalue weighted by Gasteiger charge is -2.00. The molecule has 0 radical (unpaired) electrons. The third-order valence-corrected chi connectivity index (χ3v) is 3.20. The van der Waals surface area contributed by atoms with Crippen LogP contribution < -0.4 is 5.56 Å². The van der Waals surface area contributed by atoms with E-state index in [2.05, 4.69) is 5.10 Å². The Labute approximate surface area is 100 Å². The Morgan fingerprint density at radius 2 is 2.25 bits per heavy atom. The quantitative estimate of drug-likeness (QED) is 0.786. The number of Topliss-reactive ketones (excluding diaryl/α,β-unsaturated/α-hetero) is 1. The Kier molecular flexibility index (Phi) is 3.17. The Balaban J connectivity index is 2.20. The number of aromatic nitrogens is 2. The van der Waals surface area contributed by atoms with Gasteiger partial charge >= 0.3 is 0 Å². The molecular formula is C10H7ClN2O2S. The first-order valence-corrected chi connectivity index (χ1v) is 5.67. The van der Waals surface area contributed by atoms with E-state index in [-0.39, 0.29) is 17.9 Å². The number of hydrogen-bond acceptors (Lipinski definition) is 4. The first-order chi connectivity index (χ1) is 7.66. The normalized spacial score (nSPS) is 10.3. The van der Waals surface area contributed by atoms with Crippen molar-refractivity contribution < 1.29 is 4.79 Å². The average Bonchev–Trinajstić information content (AvgIpc) is 2.68. The molecule has 2 rings (SSSR count). The van der Waals surface area contributed by atoms with Crippen LogP contribution in [0.3, 0.4) is 0 Å². The van der Waals surface area contributed by atoms with Crippen LogP contribution in [-0.2, 0) is 6.54 Å². The van der Waals surface area contributed by atoms with E-state index in [1.54, 1.807) is 12.1 Å². The first kappa shape index (κ1) is 11.0. The highest BCUT2D eigenvalue weighted by molar-refractivity contribution is 7.18. The second-order valence-electron chi connectivity index (χ2n) is 3.05. The fourth-order valence-corrected chi connectivity index (χ4v) is 2.16. The van der Waals surface area contributed by atoms with Gasteiger partial charge in [0.25, 0.3) is 5.56 Å². The summed E-state index contributed by atoms with van der Waals surface area (Å²) in [7, 11) is 0. The number of ketones is 1. The molecule has 82 valence electrons. The highest BCUT2D eigenvalue weighted by Crippen LogP contribution is 2.21. The summed E-state index contributed by atoms with van der Waals surface area (Å²) in [5.74, 6) is -0.169. The van der Waals surface area contributed by atoms with Gasteiger partial charge in [-0.05, 0) is 18.2 Å². The molecule has 0 atom stereocenters. The molecule has 2 heterocycles. The van der Waals surface area contributed by atoms with Gasteiger partial charge in [-0.1, -0.05) is 11.6 Å². The standard InChI is InChI=1S/C10H7ClN2O2S/c11-9-4-3-8(16-9)7(14)6-13-10(15)2-1-5-12-13/h1-5H,6H2. The smallest absolute Gasteiger partial charge is 0.267 e. The summed E-state index contributed by atoms with van der Waals surface area (Å²) in [6.45, 7) is -0.0590. The van der Waals surface area contributed by atoms with Crippen LogP contribution in [0.15, 0.2) is 35.3 Å². The molecule has 0 saturated heterocycles. The van der Waals surface area contributed by atoms with Crippen LogP contribution in [0.2, 0.25) is 4.34 Å². The molecule has 0 fully saturated rings. The van der Waals surface area contributed by atoms with Crippen molar-refractivity contribution in [1.82, 2.24) is 9.78 Å². The third kappa shape index (κ3) is 2.37. The van der Waals surface area contributed by atoms with Crippen molar-refractivity contribution in [3.05, 3.63) is 50.0 Å². The summed E-state index contributed by atoms with van der Waals surface area (Å²) in [4.78, 5) is 23.6. The molecule has 0 N–H and O–H groups in total. The fraction of sp³-hybridized carbons (Fsp3) is 0.100. The predicted octanol–water partition coefficient (Wildman–Crippen LogP) is 1.84. The molecule has 2 aromatic heterocycles. The van der Waals surface area contributed by atoms with Crippen molar-refractivity contribution in [3.63, 3.8) is 0 Å². The largest absolute Gasteiger partial charge is 0.291 e. The van der Waals surface area contributed by atoms with E-state index in [0.29, 0.717) is 9.21 Å². The summed E-state index contributed by atoms with van der Waals surface area (Å²) in [5.41, 5.74) is -0.293. The summed E-state index contributed by atoms with van der Waals surface area (Å²) < 4.78 is 1.67. The van der Waals surface area contributed by atoms with Crippen molar-refractivity contribution in [1.29, 1.82) is 0 Å². The Morgan fingerprint density at radius 3 is 2.88 bits per heavy atom. The van der Waals surface area contributed by atoms with Gasteiger partial charge in [0.1, 0.15) is 6.54 Å². The van der Waals surface area contributed by atoms with Crippen LogP contribution in [0, 0.1) is 0 Å². The summed E-state index contributed by atoms with van der Waals surface area (Å²) >= 11 is 6.91. The molecule has 2 aromatic rings. The molecule has 0 saturated carbocycles. The number of carbonyl (C=O) groups is 1. The second-order valence-corrected chi connectivity index (χ2v) is 4.76. The number of hydrogen-bond donors (Lipinski definition) is 0. The number of halogens is 1. The average molecular weight is 255 g/mol. The van der Waals surface area contributed by atoms with Crippen LogP contribution >= 0.6 is 22.9 Å². The zero-order valence-corrected chi connectivity index (χ0v) is 9.66. The van der Waals surface area contributed by atoms with Crippen molar-refractivity contribution in [2.45, 2.75) is 6.54 Å². The van der Waals surface area contributed by atoms with Crippen LogP contribution in [0.4, 0.5) is 0 Å². The Bertz CT molecular complexity index is 576. The van der Waals surface area contributed by atoms with E-state index in [1.807, 2.05) is 0 Å². The van der Waals surface area contributed by atoms with Crippen molar-refractivity contribution >= 4 is 28.7 Å². The van der Waals surface area contributed by atoms with E-state index in [9.17, 15) is 9.59 Å². The predicted molar refractivity (Wildman–Crippen MR) is 62.2 cm³/mol. The lowest BCUT2D eigenvalue weighted by molar-refractivity contribution is 0.0969. The molecule has 0 bridgehead atoms. The van der Waals surface area contributed by atoms with E-state index < -0.39 is 0 Å². The van der Waals surface area contributed by atoms with Gasteiger partial charge < -0.3 is 0 Å². The Morgan fingerprint density at radius 1 is 1.44 bits per heavy atom. The van der Waals surface area contributed by atoms with Crippen LogP contribution in [0.5, 0.6) is 0 Å². The molecule has 4 nitrogen and oxygen atoms in total. The highest BCUT2D eigenvalue weighted by Gasteiger charge is 2.10. The molecule has 6 heteroatoms. The van der Waals surface area contributed by atoms with Crippen LogP contribution in [-0.4, -0.2) is 15.6 Å². The minimum Gasteiger partial charge on any atom is -0.291 e. The van der Waals surface area contributed by atoms with Crippen molar-refractivity contribution in [2.24, 2.45) is 0 Å². The maximum Gasteiger partial charge on any atom is 0.267 e. The molecular weight excluding hydrogens is 248 g/mol. The van der Waals surface area contributed by atoms with E-state index >= 15 is 0 Å². The maximum absolute atomic E-state index is 11.7. The minimum absolute atomic E-state index is 0.0590. The number of nitrogens with zero attached hydrogens (tertiary/aromatic N) is 2. The topological polar surface area (TPSA) is 52.0 Å². The van der Waals surface area contributed by atoms with E-state index in [1.165, 1.54) is 29.7 Å². The number of rotatable bonds is 3. The van der Waals surface area contributed by atoms with Gasteiger partial charge in [-0.3, -0.25) is 9.59 Å². The molecule has 0 aliphatic heterocycles. The number of thiophene rings is 1. The Hall–Kier alpha value is -1.46. The summed E-state index contributed by atoms with van der Waals surface area (Å²) in [6, 6.07) is 6.19. The molecule has 0 unspecified atom stereocenters. The molecule has 0 aliphatic rings. The van der Waals surface area contributed by atoms with Crippen LogP contribution in [0.25, 0.3) is 0 Å². The zero-order chi connectivity index (χ0) is 11.5. The minimum atomic E-state index is -0.293. The lowest BCUT2D eigenvalue weighted by atomic mass is 10.3. The van der Waals surface area contributed by atoms with E-state index in [0.717, 1.165) is 4.68 Å². The monoisotopic (exact) mass is 254 g/mol. The SMILES string of the molecule is O=C(Cn1ncccc1=O)c1ccc(Cl)s1. The molecule has 0 aliphatic carbocycles. The maximum atomic E-state index is 11.7. The first-order valence-electron chi connectivity index (χ1n) is 4.47. The van der Waals surface area contributed by atoms with Gasteiger partial charge in [0.15, 0.2) is 5.78 Å². The highest BCUT2D eigenvalue weighted by atomic mass is 35.5. The lowest BCUT2D eigenvalue weighted by Crippen LogP contribution is -2.25. The third-order valence-electron chi connectivity index (χ3n) is 1.93. The zero-order valence-electron chi connectivity index (χ0n) is 8.09. The summed E-state index contributed by atoms with van der Waals surface area (Å²) in [6.07, 6.45) is 1.47. The van der Waals surface area contributed by atoms with E-state index in [4.69, 9.17) is 11.6 Å². The second kappa shape index (κ2) is 4.59. The summed E-state index contributed by atoms with van der Waals surface area (Å²) in [5, 5.41) is 3.81. The van der Waals surface area contributed by atoms with Crippen molar-refractivity contribution in [3.8, 4) is 0 Å². The van der Waals surface area contributed by atoms with Gasteiger partial charge in [-0.15, -0.1) is 11.3 Å². The van der Waals surface area contributed by atoms with Gasteiger partial charge in [0.2, 0.25) is 0 Å².